The van der Waals surface area contributed by atoms with Crippen LogP contribution >= 0.6 is 0 Å². The van der Waals surface area contributed by atoms with E-state index in [1.807, 2.05) is 3.33 Å². The number of fused-ring (bicyclic) bond motifs is 1. The van der Waals surface area contributed by atoms with Crippen LogP contribution in [0.4, 0.5) is 0 Å². The van der Waals surface area contributed by atoms with Gasteiger partial charge in [0.15, 0.2) is 0 Å². The van der Waals surface area contributed by atoms with Crippen LogP contribution in [0.3, 0.4) is 0 Å². The fraction of sp³-hybridized carbons (Fsp3) is 0.333. The second-order valence-corrected chi connectivity index (χ2v) is 17.9. The van der Waals surface area contributed by atoms with Crippen LogP contribution in [0.15, 0.2) is 51.4 Å². The summed E-state index contributed by atoms with van der Waals surface area (Å²) >= 11 is -0.775. The maximum Gasteiger partial charge on any atom is -1.00 e. The molecule has 1 aromatic rings. The van der Waals surface area contributed by atoms with Crippen LogP contribution in [0.5, 0.6) is 0 Å². The third kappa shape index (κ3) is 4.80. The Labute approximate surface area is 159 Å². The predicted molar refractivity (Wildman–Crippen MR) is 87.2 cm³/mol. The number of rotatable bonds is 4. The normalized spacial score (nSPS) is 18.6. The second kappa shape index (κ2) is 8.28. The Kier molecular flexibility index (Phi) is 7.58. The van der Waals surface area contributed by atoms with Gasteiger partial charge in [0.1, 0.15) is 0 Å². The largest absolute Gasteiger partial charge is 1.00 e. The van der Waals surface area contributed by atoms with Gasteiger partial charge in [0.2, 0.25) is 0 Å². The fourth-order valence-corrected chi connectivity index (χ4v) is 10.8. The number of hydrogen-bond acceptors (Lipinski definition) is 0. The molecule has 0 saturated carbocycles. The average Bonchev–Trinajstić information content (AvgIpc) is 2.97. The van der Waals surface area contributed by atoms with Crippen LogP contribution in [-0.2, 0) is 22.9 Å². The molecule has 1 atom stereocenters. The molecule has 0 fully saturated rings. The number of benzene rings is 1. The van der Waals surface area contributed by atoms with Crippen molar-refractivity contribution >= 4 is 14.1 Å². The minimum absolute atomic E-state index is 0. The van der Waals surface area contributed by atoms with E-state index >= 15 is 0 Å². The number of halogens is 2. The van der Waals surface area contributed by atoms with E-state index in [2.05, 4.69) is 68.2 Å². The van der Waals surface area contributed by atoms with E-state index in [9.17, 15) is 0 Å². The Balaban J connectivity index is 0.00000121. The molecule has 0 radical (unpaired) electrons. The first-order valence-electron chi connectivity index (χ1n) is 7.45. The molecule has 2 aliphatic rings. The van der Waals surface area contributed by atoms with Gasteiger partial charge >= 0.3 is 135 Å². The number of allylic oxidation sites excluding steroid dienone is 5. The van der Waals surface area contributed by atoms with Crippen molar-refractivity contribution in [3.05, 3.63) is 62.5 Å². The third-order valence-electron chi connectivity index (χ3n) is 3.88. The molecule has 116 valence electrons. The van der Waals surface area contributed by atoms with E-state index in [0.717, 1.165) is 3.67 Å². The average molecular weight is 516 g/mol. The summed E-state index contributed by atoms with van der Waals surface area (Å²) in [6.07, 6.45) is 10.9. The van der Waals surface area contributed by atoms with E-state index in [4.69, 9.17) is 0 Å². The first-order valence-corrected chi connectivity index (χ1v) is 15.0. The van der Waals surface area contributed by atoms with Crippen molar-refractivity contribution < 1.29 is 47.7 Å². The molecule has 0 amide bonds. The Bertz CT molecular complexity index is 612. The zero-order chi connectivity index (χ0) is 14.2. The van der Waals surface area contributed by atoms with Gasteiger partial charge in [-0.25, -0.2) is 0 Å². The van der Waals surface area contributed by atoms with Gasteiger partial charge in [-0.3, -0.25) is 0 Å². The molecular weight excluding hydrogens is 494 g/mol. The second-order valence-electron chi connectivity index (χ2n) is 6.96. The molecule has 1 aromatic carbocycles. The van der Waals surface area contributed by atoms with E-state index in [1.54, 1.807) is 11.1 Å². The van der Waals surface area contributed by atoms with Gasteiger partial charge in [0, 0.05) is 0 Å². The van der Waals surface area contributed by atoms with Crippen molar-refractivity contribution in [3.8, 4) is 0 Å². The summed E-state index contributed by atoms with van der Waals surface area (Å²) < 4.78 is 2.66. The van der Waals surface area contributed by atoms with Crippen molar-refractivity contribution in [1.82, 2.24) is 0 Å². The summed E-state index contributed by atoms with van der Waals surface area (Å²) in [5.74, 6) is 0. The van der Waals surface area contributed by atoms with Crippen LogP contribution in [0.25, 0.3) is 6.08 Å². The molecule has 3 rings (SSSR count). The van der Waals surface area contributed by atoms with Crippen molar-refractivity contribution in [3.63, 3.8) is 0 Å². The van der Waals surface area contributed by atoms with Gasteiger partial charge in [-0.2, -0.15) is 0 Å². The molecule has 4 heteroatoms. The molecule has 2 aliphatic carbocycles. The zero-order valence-electron chi connectivity index (χ0n) is 13.4. The number of hydrogen-bond donors (Lipinski definition) is 0. The van der Waals surface area contributed by atoms with E-state index in [0.29, 0.717) is 0 Å². The van der Waals surface area contributed by atoms with Crippen LogP contribution in [-0.4, -0.2) is 8.07 Å². The van der Waals surface area contributed by atoms with Crippen molar-refractivity contribution in [1.29, 1.82) is 0 Å². The fourth-order valence-electron chi connectivity index (χ4n) is 3.00. The summed E-state index contributed by atoms with van der Waals surface area (Å²) in [5.41, 5.74) is 4.79. The molecule has 0 nitrogen and oxygen atoms in total. The predicted octanol–water partition coefficient (Wildman–Crippen LogP) is -0.603. The molecule has 22 heavy (non-hydrogen) atoms. The molecule has 0 bridgehead atoms. The topological polar surface area (TPSA) is 0 Å². The summed E-state index contributed by atoms with van der Waals surface area (Å²) in [6, 6.07) is 10.3. The molecule has 0 N–H and O–H groups in total. The van der Waals surface area contributed by atoms with Crippen molar-refractivity contribution in [2.45, 2.75) is 35.8 Å². The minimum Gasteiger partial charge on any atom is -1.00 e. The molecule has 0 aliphatic heterocycles. The SMILES string of the molecule is C[Si](C)(C)CC1=[C]([Hf+2][CH]2C=Cc3ccccc32)CC=C1.[Cl-].[Cl-]. The van der Waals surface area contributed by atoms with Crippen molar-refractivity contribution in [2.75, 3.05) is 0 Å². The van der Waals surface area contributed by atoms with Gasteiger partial charge in [0.25, 0.3) is 0 Å². The summed E-state index contributed by atoms with van der Waals surface area (Å²) in [4.78, 5) is 0. The van der Waals surface area contributed by atoms with Crippen LogP contribution in [0.2, 0.25) is 25.7 Å². The van der Waals surface area contributed by atoms with Gasteiger partial charge in [0.05, 0.1) is 0 Å². The third-order valence-corrected chi connectivity index (χ3v) is 11.4. The van der Waals surface area contributed by atoms with E-state index in [-0.39, 0.29) is 24.8 Å². The van der Waals surface area contributed by atoms with Gasteiger partial charge in [-0.05, 0) is 0 Å². The summed E-state index contributed by atoms with van der Waals surface area (Å²) in [6.45, 7) is 7.47. The van der Waals surface area contributed by atoms with Gasteiger partial charge < -0.3 is 24.8 Å². The first-order chi connectivity index (χ1) is 9.53. The maximum atomic E-state index is 2.49. The van der Waals surface area contributed by atoms with Crippen LogP contribution < -0.4 is 24.8 Å². The minimum atomic E-state index is -0.988. The molecule has 0 spiro atoms. The molecule has 0 saturated heterocycles. The zero-order valence-corrected chi connectivity index (χ0v) is 19.5. The molecule has 1 unspecified atom stereocenters. The Morgan fingerprint density at radius 2 is 1.82 bits per heavy atom. The van der Waals surface area contributed by atoms with Gasteiger partial charge in [-0.15, -0.1) is 0 Å². The smallest absolute Gasteiger partial charge is 1.00 e. The van der Waals surface area contributed by atoms with Crippen LogP contribution in [0, 0.1) is 0 Å². The van der Waals surface area contributed by atoms with E-state index in [1.165, 1.54) is 18.0 Å². The van der Waals surface area contributed by atoms with E-state index < -0.39 is 31.0 Å². The Hall–Kier alpha value is 0.107. The molecule has 0 aromatic heterocycles. The standard InChI is InChI=1S/C9H15Si.C9H7.2ClH.Hf/c1-10(2,3)8-9-6-4-5-7-9;1-2-5-9-7-3-6-8(9)4-1;;;/h4,6H,5,8H2,1-3H3;1-7H;2*1H;/q;;;;+2/p-2. The Morgan fingerprint density at radius 1 is 1.09 bits per heavy atom. The molecular formula is C18H22Cl2HfSi. The maximum absolute atomic E-state index is 2.49. The monoisotopic (exact) mass is 516 g/mol. The quantitative estimate of drug-likeness (QED) is 0.470. The van der Waals surface area contributed by atoms with Crippen LogP contribution in [0.1, 0.15) is 21.2 Å². The summed E-state index contributed by atoms with van der Waals surface area (Å²) in [7, 11) is -0.988. The van der Waals surface area contributed by atoms with Crippen molar-refractivity contribution in [2.24, 2.45) is 0 Å². The van der Waals surface area contributed by atoms with Gasteiger partial charge in [-0.1, -0.05) is 0 Å². The molecule has 0 heterocycles. The first kappa shape index (κ1) is 20.2. The Morgan fingerprint density at radius 3 is 2.55 bits per heavy atom. The summed E-state index contributed by atoms with van der Waals surface area (Å²) in [5, 5.41) is 0.